The van der Waals surface area contributed by atoms with E-state index in [1.54, 1.807) is 7.05 Å². The average molecular weight is 332 g/mol. The zero-order valence-electron chi connectivity index (χ0n) is 14.6. The first kappa shape index (κ1) is 18.3. The molecule has 1 saturated heterocycles. The predicted octanol–water partition coefficient (Wildman–Crippen LogP) is 1.43. The van der Waals surface area contributed by atoms with Crippen LogP contribution in [-0.2, 0) is 16.1 Å². The second-order valence-corrected chi connectivity index (χ2v) is 6.27. The molecule has 1 heterocycles. The van der Waals surface area contributed by atoms with Gasteiger partial charge in [-0.05, 0) is 25.3 Å². The second kappa shape index (κ2) is 9.27. The van der Waals surface area contributed by atoms with E-state index in [0.29, 0.717) is 32.0 Å². The molecule has 2 rings (SSSR count). The molecule has 1 amide bonds. The van der Waals surface area contributed by atoms with Gasteiger partial charge in [-0.25, -0.2) is 0 Å². The lowest BCUT2D eigenvalue weighted by molar-refractivity contribution is -0.121. The summed E-state index contributed by atoms with van der Waals surface area (Å²) in [5.74, 6) is 0.718. The standard InChI is InChI=1S/C18H28N4O2/c1-18(10-6-12-24-18)14-22-17(19-2)20-11-9-16(23)21-13-15-7-4-3-5-8-15/h3-5,7-8H,6,9-14H2,1-2H3,(H,21,23)(H2,19,20,22). The van der Waals surface area contributed by atoms with Gasteiger partial charge < -0.3 is 20.7 Å². The van der Waals surface area contributed by atoms with Gasteiger partial charge in [0.15, 0.2) is 5.96 Å². The van der Waals surface area contributed by atoms with Crippen LogP contribution in [0.2, 0.25) is 0 Å². The van der Waals surface area contributed by atoms with E-state index in [0.717, 1.165) is 25.0 Å². The number of aliphatic imine (C=N–C) groups is 1. The molecule has 6 heteroatoms. The van der Waals surface area contributed by atoms with Gasteiger partial charge in [-0.1, -0.05) is 30.3 Å². The topological polar surface area (TPSA) is 74.8 Å². The van der Waals surface area contributed by atoms with Gasteiger partial charge in [0.2, 0.25) is 5.91 Å². The van der Waals surface area contributed by atoms with Crippen molar-refractivity contribution in [3.05, 3.63) is 35.9 Å². The summed E-state index contributed by atoms with van der Waals surface area (Å²) < 4.78 is 5.74. The maximum absolute atomic E-state index is 11.9. The third-order valence-corrected chi connectivity index (χ3v) is 4.13. The van der Waals surface area contributed by atoms with Gasteiger partial charge in [0.1, 0.15) is 0 Å². The van der Waals surface area contributed by atoms with E-state index in [9.17, 15) is 4.79 Å². The van der Waals surface area contributed by atoms with Gasteiger partial charge in [0.25, 0.3) is 0 Å². The highest BCUT2D eigenvalue weighted by Crippen LogP contribution is 2.23. The third kappa shape index (κ3) is 6.20. The summed E-state index contributed by atoms with van der Waals surface area (Å²) in [5.41, 5.74) is 0.978. The summed E-state index contributed by atoms with van der Waals surface area (Å²) in [4.78, 5) is 16.1. The number of carbonyl (C=O) groups is 1. The number of carbonyl (C=O) groups excluding carboxylic acids is 1. The molecule has 1 aliphatic rings. The molecule has 1 atom stereocenters. The van der Waals surface area contributed by atoms with Crippen molar-refractivity contribution in [3.63, 3.8) is 0 Å². The molecule has 1 unspecified atom stereocenters. The van der Waals surface area contributed by atoms with Crippen LogP contribution >= 0.6 is 0 Å². The van der Waals surface area contributed by atoms with Gasteiger partial charge in [0.05, 0.1) is 5.60 Å². The van der Waals surface area contributed by atoms with Crippen LogP contribution in [0.4, 0.5) is 0 Å². The number of ether oxygens (including phenoxy) is 1. The number of nitrogens with one attached hydrogen (secondary N) is 3. The minimum Gasteiger partial charge on any atom is -0.373 e. The quantitative estimate of drug-likeness (QED) is 0.522. The molecule has 1 aromatic rings. The Morgan fingerprint density at radius 1 is 1.25 bits per heavy atom. The second-order valence-electron chi connectivity index (χ2n) is 6.27. The van der Waals surface area contributed by atoms with Crippen molar-refractivity contribution in [2.24, 2.45) is 4.99 Å². The predicted molar refractivity (Wildman–Crippen MR) is 95.9 cm³/mol. The first-order valence-electron chi connectivity index (χ1n) is 8.50. The van der Waals surface area contributed by atoms with Crippen molar-refractivity contribution in [3.8, 4) is 0 Å². The highest BCUT2D eigenvalue weighted by Gasteiger charge is 2.29. The average Bonchev–Trinajstić information content (AvgIpc) is 3.04. The lowest BCUT2D eigenvalue weighted by Gasteiger charge is -2.24. The number of nitrogens with zero attached hydrogens (tertiary/aromatic N) is 1. The molecule has 0 spiro atoms. The Morgan fingerprint density at radius 3 is 2.71 bits per heavy atom. The molecule has 1 fully saturated rings. The molecule has 0 aliphatic carbocycles. The Bertz CT molecular complexity index is 539. The molecule has 132 valence electrons. The summed E-state index contributed by atoms with van der Waals surface area (Å²) in [5, 5.41) is 9.34. The van der Waals surface area contributed by atoms with Crippen LogP contribution in [0.15, 0.2) is 35.3 Å². The number of amides is 1. The van der Waals surface area contributed by atoms with E-state index in [4.69, 9.17) is 4.74 Å². The Labute approximate surface area is 144 Å². The van der Waals surface area contributed by atoms with Crippen LogP contribution in [0.3, 0.4) is 0 Å². The minimum absolute atomic E-state index is 0.0212. The zero-order valence-corrected chi connectivity index (χ0v) is 14.6. The molecule has 6 nitrogen and oxygen atoms in total. The maximum Gasteiger partial charge on any atom is 0.222 e. The van der Waals surface area contributed by atoms with Crippen LogP contribution in [0.1, 0.15) is 31.7 Å². The molecule has 3 N–H and O–H groups in total. The fourth-order valence-corrected chi connectivity index (χ4v) is 2.65. The minimum atomic E-state index is -0.120. The van der Waals surface area contributed by atoms with Crippen molar-refractivity contribution in [1.82, 2.24) is 16.0 Å². The molecule has 0 aromatic heterocycles. The Kier molecular flexibility index (Phi) is 7.06. The molecular formula is C18H28N4O2. The van der Waals surface area contributed by atoms with Crippen LogP contribution in [0.25, 0.3) is 0 Å². The fraction of sp³-hybridized carbons (Fsp3) is 0.556. The molecule has 1 aromatic carbocycles. The Balaban J connectivity index is 1.61. The fourth-order valence-electron chi connectivity index (χ4n) is 2.65. The van der Waals surface area contributed by atoms with Gasteiger partial charge in [-0.2, -0.15) is 0 Å². The molecule has 24 heavy (non-hydrogen) atoms. The molecule has 0 bridgehead atoms. The largest absolute Gasteiger partial charge is 0.373 e. The number of benzene rings is 1. The van der Waals surface area contributed by atoms with E-state index in [1.165, 1.54) is 0 Å². The lowest BCUT2D eigenvalue weighted by atomic mass is 10.0. The van der Waals surface area contributed by atoms with Crippen molar-refractivity contribution < 1.29 is 9.53 Å². The van der Waals surface area contributed by atoms with E-state index < -0.39 is 0 Å². The van der Waals surface area contributed by atoms with E-state index in [-0.39, 0.29) is 11.5 Å². The monoisotopic (exact) mass is 332 g/mol. The van der Waals surface area contributed by atoms with Crippen molar-refractivity contribution >= 4 is 11.9 Å². The summed E-state index contributed by atoms with van der Waals surface area (Å²) >= 11 is 0. The van der Waals surface area contributed by atoms with Crippen molar-refractivity contribution in [2.75, 3.05) is 26.7 Å². The summed E-state index contributed by atoms with van der Waals surface area (Å²) in [6, 6.07) is 9.89. The highest BCUT2D eigenvalue weighted by molar-refractivity contribution is 5.81. The van der Waals surface area contributed by atoms with Crippen LogP contribution in [0.5, 0.6) is 0 Å². The van der Waals surface area contributed by atoms with E-state index in [2.05, 4.69) is 27.9 Å². The van der Waals surface area contributed by atoms with Crippen molar-refractivity contribution in [1.29, 1.82) is 0 Å². The van der Waals surface area contributed by atoms with Crippen LogP contribution < -0.4 is 16.0 Å². The molecule has 1 aliphatic heterocycles. The summed E-state index contributed by atoms with van der Waals surface area (Å²) in [7, 11) is 1.72. The van der Waals surface area contributed by atoms with Gasteiger partial charge in [-0.3, -0.25) is 9.79 Å². The smallest absolute Gasteiger partial charge is 0.222 e. The number of rotatable bonds is 7. The third-order valence-electron chi connectivity index (χ3n) is 4.13. The van der Waals surface area contributed by atoms with Gasteiger partial charge in [-0.15, -0.1) is 0 Å². The Hall–Kier alpha value is -2.08. The molecule has 0 radical (unpaired) electrons. The van der Waals surface area contributed by atoms with E-state index >= 15 is 0 Å². The number of hydrogen-bond acceptors (Lipinski definition) is 3. The SMILES string of the molecule is CN=C(NCCC(=O)NCc1ccccc1)NCC1(C)CCCO1. The summed E-state index contributed by atoms with van der Waals surface area (Å²) in [6.45, 7) is 4.75. The van der Waals surface area contributed by atoms with Crippen LogP contribution in [-0.4, -0.2) is 44.2 Å². The zero-order chi connectivity index (χ0) is 17.3. The first-order chi connectivity index (χ1) is 11.6. The van der Waals surface area contributed by atoms with E-state index in [1.807, 2.05) is 30.3 Å². The number of guanidine groups is 1. The first-order valence-corrected chi connectivity index (χ1v) is 8.50. The highest BCUT2D eigenvalue weighted by atomic mass is 16.5. The maximum atomic E-state index is 11.9. The lowest BCUT2D eigenvalue weighted by Crippen LogP contribution is -2.46. The molecule has 0 saturated carbocycles. The number of hydrogen-bond donors (Lipinski definition) is 3. The van der Waals surface area contributed by atoms with Gasteiger partial charge >= 0.3 is 0 Å². The summed E-state index contributed by atoms with van der Waals surface area (Å²) in [6.07, 6.45) is 2.56. The Morgan fingerprint density at radius 2 is 2.04 bits per heavy atom. The normalized spacial score (nSPS) is 20.7. The molecular weight excluding hydrogens is 304 g/mol. The van der Waals surface area contributed by atoms with Crippen molar-refractivity contribution in [2.45, 2.75) is 38.3 Å². The van der Waals surface area contributed by atoms with Gasteiger partial charge in [0, 0.05) is 39.7 Å². The van der Waals surface area contributed by atoms with Crippen LogP contribution in [0, 0.1) is 0 Å².